The Balaban J connectivity index is 0. The molecule has 0 aromatic heterocycles. The standard InChI is InChI=1S/6CH3.In.Sb/h6*1H3;;. The first-order valence-corrected chi connectivity index (χ1v) is 20.6. The zero-order valence-corrected chi connectivity index (χ0v) is 12.9. The molecule has 0 aliphatic heterocycles. The van der Waals surface area contributed by atoms with E-state index in [4.69, 9.17) is 0 Å². The fourth-order valence-corrected chi connectivity index (χ4v) is 0. The molecule has 0 atom stereocenters. The van der Waals surface area contributed by atoms with Gasteiger partial charge in [0.15, 0.2) is 0 Å². The molecular formula is C6H18InSb. The van der Waals surface area contributed by atoms with Gasteiger partial charge in [-0.15, -0.1) is 0 Å². The van der Waals surface area contributed by atoms with Crippen LogP contribution in [0, 0.1) is 0 Å². The Morgan fingerprint density at radius 3 is 0.875 bits per heavy atom. The average Bonchev–Trinajstić information content (AvgIpc) is 1.25. The Hall–Kier alpha value is 1.69. The molecule has 2 heteroatoms. The van der Waals surface area contributed by atoms with Crippen LogP contribution in [0.5, 0.6) is 0 Å². The van der Waals surface area contributed by atoms with E-state index < -0.39 is 41.6 Å². The number of hydrogen-bond donors (Lipinski definition) is 0. The molecule has 8 heavy (non-hydrogen) atoms. The van der Waals surface area contributed by atoms with Crippen LogP contribution in [-0.4, -0.2) is 41.6 Å². The molecule has 0 radical (unpaired) electrons. The van der Waals surface area contributed by atoms with Gasteiger partial charge in [-0.3, -0.25) is 0 Å². The van der Waals surface area contributed by atoms with Crippen molar-refractivity contribution in [1.29, 1.82) is 0 Å². The van der Waals surface area contributed by atoms with E-state index in [1.165, 1.54) is 0 Å². The van der Waals surface area contributed by atoms with Crippen LogP contribution in [-0.2, 0) is 0 Å². The van der Waals surface area contributed by atoms with Gasteiger partial charge < -0.3 is 0 Å². The van der Waals surface area contributed by atoms with Gasteiger partial charge in [0.05, 0.1) is 0 Å². The van der Waals surface area contributed by atoms with E-state index in [0.717, 1.165) is 0 Å². The SMILES string of the molecule is [CH3][In]([CH3])[CH3].[CH3][Sb]([CH3])[CH3]. The van der Waals surface area contributed by atoms with Crippen molar-refractivity contribution in [1.82, 2.24) is 0 Å². The maximum absolute atomic E-state index is 2.38. The summed E-state index contributed by atoms with van der Waals surface area (Å²) in [5.74, 6) is 0. The zero-order chi connectivity index (χ0) is 7.15. The molecule has 0 spiro atoms. The molecule has 0 heterocycles. The summed E-state index contributed by atoms with van der Waals surface area (Å²) < 4.78 is 7.13. The van der Waals surface area contributed by atoms with E-state index in [1.807, 2.05) is 0 Å². The molecule has 0 aliphatic rings. The van der Waals surface area contributed by atoms with Gasteiger partial charge in [-0.1, -0.05) is 0 Å². The molecule has 0 nitrogen and oxygen atoms in total. The molecule has 0 unspecified atom stereocenters. The second kappa shape index (κ2) is 8.69. The average molecular weight is 327 g/mol. The van der Waals surface area contributed by atoms with Gasteiger partial charge >= 0.3 is 70.3 Å². The molecule has 0 bridgehead atoms. The van der Waals surface area contributed by atoms with Crippen LogP contribution in [0.2, 0.25) is 28.7 Å². The molecule has 0 aliphatic carbocycles. The van der Waals surface area contributed by atoms with Crippen molar-refractivity contribution in [3.8, 4) is 0 Å². The fourth-order valence-electron chi connectivity index (χ4n) is 0. The Morgan fingerprint density at radius 2 is 0.875 bits per heavy atom. The normalized spacial score (nSPS) is 7.88. The topological polar surface area (TPSA) is 0 Å². The zero-order valence-electron chi connectivity index (χ0n) is 7.02. The van der Waals surface area contributed by atoms with Crippen LogP contribution in [0.4, 0.5) is 0 Å². The van der Waals surface area contributed by atoms with Crippen molar-refractivity contribution >= 4 is 41.6 Å². The molecular weight excluding hydrogens is 309 g/mol. The molecule has 0 aromatic rings. The maximum atomic E-state index is 2.38. The van der Waals surface area contributed by atoms with Crippen molar-refractivity contribution in [3.05, 3.63) is 0 Å². The monoisotopic (exact) mass is 326 g/mol. The van der Waals surface area contributed by atoms with Gasteiger partial charge in [-0.05, 0) is 0 Å². The molecule has 0 N–H and O–H groups in total. The van der Waals surface area contributed by atoms with Crippen molar-refractivity contribution in [2.45, 2.75) is 28.7 Å². The van der Waals surface area contributed by atoms with E-state index in [-0.39, 0.29) is 0 Å². The Bertz CT molecular complexity index is 24.0. The van der Waals surface area contributed by atoms with E-state index in [1.54, 1.807) is 0 Å². The second-order valence-electron chi connectivity index (χ2n) is 3.07. The van der Waals surface area contributed by atoms with Gasteiger partial charge in [0.2, 0.25) is 0 Å². The second-order valence-corrected chi connectivity index (χ2v) is 20.6. The Kier molecular flexibility index (Phi) is 13.4. The summed E-state index contributed by atoms with van der Waals surface area (Å²) in [6, 6.07) is 0. The molecule has 0 fully saturated rings. The predicted octanol–water partition coefficient (Wildman–Crippen LogP) is 2.74. The summed E-state index contributed by atoms with van der Waals surface area (Å²) in [5.41, 5.74) is 0. The Morgan fingerprint density at radius 1 is 0.875 bits per heavy atom. The quantitative estimate of drug-likeness (QED) is 0.601. The summed E-state index contributed by atoms with van der Waals surface area (Å²) in [5, 5.41) is 0. The van der Waals surface area contributed by atoms with Gasteiger partial charge in [0.25, 0.3) is 0 Å². The first-order chi connectivity index (χ1) is 3.46. The van der Waals surface area contributed by atoms with E-state index in [2.05, 4.69) is 28.7 Å². The van der Waals surface area contributed by atoms with Gasteiger partial charge in [0.1, 0.15) is 0 Å². The predicted molar refractivity (Wildman–Crippen MR) is 46.7 cm³/mol. The third kappa shape index (κ3) is 121. The fraction of sp³-hybridized carbons (Fsp3) is 1.00. The molecule has 0 aromatic carbocycles. The molecule has 0 amide bonds. The van der Waals surface area contributed by atoms with Crippen molar-refractivity contribution < 1.29 is 0 Å². The summed E-state index contributed by atoms with van der Waals surface area (Å²) in [6.07, 6.45) is 0. The van der Waals surface area contributed by atoms with E-state index in [9.17, 15) is 0 Å². The minimum absolute atomic E-state index is 0.450. The van der Waals surface area contributed by atoms with E-state index >= 15 is 0 Å². The number of hydrogen-bond acceptors (Lipinski definition) is 0. The first-order valence-electron chi connectivity index (χ1n) is 3.07. The summed E-state index contributed by atoms with van der Waals surface area (Å²) in [7, 11) is 0. The van der Waals surface area contributed by atoms with Gasteiger partial charge in [-0.25, -0.2) is 0 Å². The van der Waals surface area contributed by atoms with Crippen molar-refractivity contribution in [2.24, 2.45) is 0 Å². The third-order valence-corrected chi connectivity index (χ3v) is 0. The van der Waals surface area contributed by atoms with Crippen molar-refractivity contribution in [2.75, 3.05) is 0 Å². The number of rotatable bonds is 0. The molecule has 0 rings (SSSR count). The molecule has 50 valence electrons. The Labute approximate surface area is 69.5 Å². The van der Waals surface area contributed by atoms with Gasteiger partial charge in [-0.2, -0.15) is 0 Å². The van der Waals surface area contributed by atoms with Crippen LogP contribution < -0.4 is 0 Å². The summed E-state index contributed by atoms with van der Waals surface area (Å²) in [4.78, 5) is 7.05. The van der Waals surface area contributed by atoms with Crippen LogP contribution in [0.3, 0.4) is 0 Å². The van der Waals surface area contributed by atoms with Crippen LogP contribution in [0.1, 0.15) is 0 Å². The minimum atomic E-state index is -0.637. The van der Waals surface area contributed by atoms with Crippen LogP contribution in [0.15, 0.2) is 0 Å². The molecule has 0 saturated heterocycles. The van der Waals surface area contributed by atoms with E-state index in [0.29, 0.717) is 0 Å². The molecule has 0 saturated carbocycles. The summed E-state index contributed by atoms with van der Waals surface area (Å²) in [6.45, 7) is 0. The first kappa shape index (κ1) is 12.4. The third-order valence-electron chi connectivity index (χ3n) is 0. The van der Waals surface area contributed by atoms with Crippen LogP contribution in [0.25, 0.3) is 0 Å². The van der Waals surface area contributed by atoms with Crippen LogP contribution >= 0.6 is 0 Å². The van der Waals surface area contributed by atoms with Gasteiger partial charge in [0, 0.05) is 0 Å². The summed E-state index contributed by atoms with van der Waals surface area (Å²) >= 11 is -1.09. The van der Waals surface area contributed by atoms with Crippen molar-refractivity contribution in [3.63, 3.8) is 0 Å².